The zero-order valence-corrected chi connectivity index (χ0v) is 16.4. The molecule has 0 fully saturated rings. The third kappa shape index (κ3) is 5.57. The van der Waals surface area contributed by atoms with Gasteiger partial charge < -0.3 is 20.1 Å². The minimum absolute atomic E-state index is 0.0323. The van der Waals surface area contributed by atoms with Crippen molar-refractivity contribution in [1.82, 2.24) is 4.98 Å². The highest BCUT2D eigenvalue weighted by molar-refractivity contribution is 5.96. The van der Waals surface area contributed by atoms with E-state index in [1.165, 1.54) is 0 Å². The summed E-state index contributed by atoms with van der Waals surface area (Å²) in [6, 6.07) is 6.67. The van der Waals surface area contributed by atoms with Gasteiger partial charge in [0.2, 0.25) is 0 Å². The molecule has 1 aromatic heterocycles. The number of nitrogens with zero attached hydrogens (tertiary/aromatic N) is 1. The standard InChI is InChI=1S/C20H26FN3O3/c1-6-27-20(25)16-10-17(21)19(22-11-12(2)3)24-18(16)23-14-7-13(4)8-15(9-14)26-5/h7-10,12H,6,11H2,1-5H3,(H2,22,23,24). The van der Waals surface area contributed by atoms with Gasteiger partial charge in [-0.3, -0.25) is 0 Å². The van der Waals surface area contributed by atoms with Crippen LogP contribution in [0.1, 0.15) is 36.7 Å². The molecule has 2 rings (SSSR count). The maximum absolute atomic E-state index is 14.4. The SMILES string of the molecule is CCOC(=O)c1cc(F)c(NCC(C)C)nc1Nc1cc(C)cc(OC)c1. The fourth-order valence-corrected chi connectivity index (χ4v) is 2.45. The molecule has 0 spiro atoms. The van der Waals surface area contributed by atoms with E-state index >= 15 is 0 Å². The number of carbonyl (C=O) groups is 1. The Morgan fingerprint density at radius 1 is 1.22 bits per heavy atom. The molecule has 7 heteroatoms. The van der Waals surface area contributed by atoms with E-state index in [0.29, 0.717) is 23.9 Å². The number of benzene rings is 1. The lowest BCUT2D eigenvalue weighted by molar-refractivity contribution is 0.0526. The number of esters is 1. The lowest BCUT2D eigenvalue weighted by Crippen LogP contribution is -2.15. The maximum Gasteiger partial charge on any atom is 0.342 e. The highest BCUT2D eigenvalue weighted by Crippen LogP contribution is 2.27. The highest BCUT2D eigenvalue weighted by Gasteiger charge is 2.19. The molecule has 0 saturated heterocycles. The van der Waals surface area contributed by atoms with Crippen molar-refractivity contribution < 1.29 is 18.7 Å². The second kappa shape index (κ2) is 9.21. The number of hydrogen-bond acceptors (Lipinski definition) is 6. The lowest BCUT2D eigenvalue weighted by atomic mass is 10.2. The Morgan fingerprint density at radius 3 is 2.59 bits per heavy atom. The van der Waals surface area contributed by atoms with Crippen molar-refractivity contribution >= 4 is 23.3 Å². The van der Waals surface area contributed by atoms with Crippen LogP contribution in [0.2, 0.25) is 0 Å². The number of aromatic nitrogens is 1. The molecule has 0 bridgehead atoms. The van der Waals surface area contributed by atoms with Crippen molar-refractivity contribution in [2.45, 2.75) is 27.7 Å². The molecule has 0 amide bonds. The summed E-state index contributed by atoms with van der Waals surface area (Å²) in [6.07, 6.45) is 0. The Hall–Kier alpha value is -2.83. The quantitative estimate of drug-likeness (QED) is 0.661. The van der Waals surface area contributed by atoms with Crippen molar-refractivity contribution in [3.05, 3.63) is 41.2 Å². The Kier molecular flexibility index (Phi) is 6.98. The molecule has 27 heavy (non-hydrogen) atoms. The predicted octanol–water partition coefficient (Wildman–Crippen LogP) is 4.53. The number of methoxy groups -OCH3 is 1. The zero-order chi connectivity index (χ0) is 20.0. The van der Waals surface area contributed by atoms with Crippen molar-refractivity contribution in [3.8, 4) is 5.75 Å². The van der Waals surface area contributed by atoms with Crippen LogP contribution in [0.5, 0.6) is 5.75 Å². The van der Waals surface area contributed by atoms with Crippen LogP contribution in [0.15, 0.2) is 24.3 Å². The molecule has 0 radical (unpaired) electrons. The molecule has 0 unspecified atom stereocenters. The lowest BCUT2D eigenvalue weighted by Gasteiger charge is -2.15. The molecule has 0 atom stereocenters. The van der Waals surface area contributed by atoms with Crippen LogP contribution in [0.3, 0.4) is 0 Å². The monoisotopic (exact) mass is 375 g/mol. The van der Waals surface area contributed by atoms with Gasteiger partial charge in [-0.1, -0.05) is 13.8 Å². The molecule has 0 aliphatic carbocycles. The molecular formula is C20H26FN3O3. The average Bonchev–Trinajstić information content (AvgIpc) is 2.61. The van der Waals surface area contributed by atoms with E-state index in [4.69, 9.17) is 9.47 Å². The van der Waals surface area contributed by atoms with Gasteiger partial charge in [-0.05, 0) is 43.5 Å². The molecular weight excluding hydrogens is 349 g/mol. The minimum Gasteiger partial charge on any atom is -0.497 e. The normalized spacial score (nSPS) is 10.6. The maximum atomic E-state index is 14.4. The second-order valence-electron chi connectivity index (χ2n) is 6.57. The number of nitrogens with one attached hydrogen (secondary N) is 2. The molecule has 1 heterocycles. The average molecular weight is 375 g/mol. The number of rotatable bonds is 8. The molecule has 146 valence electrons. The summed E-state index contributed by atoms with van der Waals surface area (Å²) in [6.45, 7) is 8.38. The largest absolute Gasteiger partial charge is 0.497 e. The Bertz CT molecular complexity index is 809. The van der Waals surface area contributed by atoms with Gasteiger partial charge in [-0.25, -0.2) is 14.2 Å². The Balaban J connectivity index is 2.44. The molecule has 0 aliphatic rings. The van der Waals surface area contributed by atoms with Crippen LogP contribution < -0.4 is 15.4 Å². The van der Waals surface area contributed by atoms with Crippen molar-refractivity contribution in [1.29, 1.82) is 0 Å². The summed E-state index contributed by atoms with van der Waals surface area (Å²) < 4.78 is 24.7. The molecule has 2 aromatic rings. The Morgan fingerprint density at radius 2 is 1.96 bits per heavy atom. The Labute approximate surface area is 159 Å². The molecule has 1 aromatic carbocycles. The number of anilines is 3. The van der Waals surface area contributed by atoms with Crippen LogP contribution in [0, 0.1) is 18.7 Å². The number of aryl methyl sites for hydroxylation is 1. The first-order valence-corrected chi connectivity index (χ1v) is 8.88. The summed E-state index contributed by atoms with van der Waals surface area (Å²) in [5.41, 5.74) is 1.67. The second-order valence-corrected chi connectivity index (χ2v) is 6.57. The first-order valence-electron chi connectivity index (χ1n) is 8.88. The number of pyridine rings is 1. The van der Waals surface area contributed by atoms with Crippen LogP contribution in [0.4, 0.5) is 21.7 Å². The van der Waals surface area contributed by atoms with Gasteiger partial charge in [-0.15, -0.1) is 0 Å². The van der Waals surface area contributed by atoms with E-state index in [1.807, 2.05) is 32.9 Å². The molecule has 0 aliphatic heterocycles. The fourth-order valence-electron chi connectivity index (χ4n) is 2.45. The van der Waals surface area contributed by atoms with Crippen LogP contribution >= 0.6 is 0 Å². The van der Waals surface area contributed by atoms with Gasteiger partial charge in [0, 0.05) is 18.3 Å². The first-order chi connectivity index (χ1) is 12.8. The van der Waals surface area contributed by atoms with E-state index in [2.05, 4.69) is 15.6 Å². The van der Waals surface area contributed by atoms with E-state index in [1.54, 1.807) is 20.1 Å². The predicted molar refractivity (Wildman–Crippen MR) is 104 cm³/mol. The van der Waals surface area contributed by atoms with Crippen LogP contribution in [0.25, 0.3) is 0 Å². The number of ether oxygens (including phenoxy) is 2. The fraction of sp³-hybridized carbons (Fsp3) is 0.400. The van der Waals surface area contributed by atoms with Gasteiger partial charge in [-0.2, -0.15) is 0 Å². The zero-order valence-electron chi connectivity index (χ0n) is 16.4. The smallest absolute Gasteiger partial charge is 0.342 e. The van der Waals surface area contributed by atoms with Gasteiger partial charge in [0.15, 0.2) is 11.6 Å². The third-order valence-electron chi connectivity index (χ3n) is 3.70. The molecule has 6 nitrogen and oxygen atoms in total. The van der Waals surface area contributed by atoms with Crippen molar-refractivity contribution in [2.24, 2.45) is 5.92 Å². The van der Waals surface area contributed by atoms with Gasteiger partial charge in [0.1, 0.15) is 17.1 Å². The minimum atomic E-state index is -0.638. The molecule has 2 N–H and O–H groups in total. The number of carbonyl (C=O) groups excluding carboxylic acids is 1. The van der Waals surface area contributed by atoms with E-state index in [-0.39, 0.29) is 23.8 Å². The summed E-state index contributed by atoms with van der Waals surface area (Å²) in [4.78, 5) is 16.6. The third-order valence-corrected chi connectivity index (χ3v) is 3.70. The van der Waals surface area contributed by atoms with Crippen LogP contribution in [-0.2, 0) is 4.74 Å². The topological polar surface area (TPSA) is 72.5 Å². The van der Waals surface area contributed by atoms with Crippen molar-refractivity contribution in [2.75, 3.05) is 30.9 Å². The summed E-state index contributed by atoms with van der Waals surface area (Å²) >= 11 is 0. The number of hydrogen-bond donors (Lipinski definition) is 2. The summed E-state index contributed by atoms with van der Waals surface area (Å²) in [5.74, 6) is 0.0314. The van der Waals surface area contributed by atoms with E-state index in [0.717, 1.165) is 11.6 Å². The van der Waals surface area contributed by atoms with E-state index < -0.39 is 11.8 Å². The first kappa shape index (κ1) is 20.5. The van der Waals surface area contributed by atoms with Crippen LogP contribution in [-0.4, -0.2) is 31.2 Å². The highest BCUT2D eigenvalue weighted by atomic mass is 19.1. The van der Waals surface area contributed by atoms with Gasteiger partial charge >= 0.3 is 5.97 Å². The summed E-state index contributed by atoms with van der Waals surface area (Å²) in [7, 11) is 1.58. The molecule has 0 saturated carbocycles. The van der Waals surface area contributed by atoms with Gasteiger partial charge in [0.05, 0.1) is 13.7 Å². The number of halogens is 1. The van der Waals surface area contributed by atoms with Gasteiger partial charge in [0.25, 0.3) is 0 Å². The van der Waals surface area contributed by atoms with E-state index in [9.17, 15) is 9.18 Å². The van der Waals surface area contributed by atoms with Crippen molar-refractivity contribution in [3.63, 3.8) is 0 Å². The summed E-state index contributed by atoms with van der Waals surface area (Å²) in [5, 5.41) is 6.05.